The summed E-state index contributed by atoms with van der Waals surface area (Å²) in [6, 6.07) is 10.0. The fourth-order valence-corrected chi connectivity index (χ4v) is 1.97. The Morgan fingerprint density at radius 1 is 1.17 bits per heavy atom. The fraction of sp³-hybridized carbons (Fsp3) is 0.0714. The zero-order valence-electron chi connectivity index (χ0n) is 9.97. The van der Waals surface area contributed by atoms with Crippen LogP contribution in [0.4, 0.5) is 11.4 Å². The zero-order valence-corrected chi connectivity index (χ0v) is 9.97. The molecule has 0 atom stereocenters. The van der Waals surface area contributed by atoms with Crippen LogP contribution in [0, 0.1) is 0 Å². The number of rotatable bonds is 3. The Hall–Kier alpha value is -2.49. The lowest BCUT2D eigenvalue weighted by Crippen LogP contribution is -1.94. The Morgan fingerprint density at radius 2 is 2.06 bits per heavy atom. The maximum Gasteiger partial charge on any atom is 0.160 e. The van der Waals surface area contributed by atoms with Gasteiger partial charge in [0.1, 0.15) is 0 Å². The Kier molecular flexibility index (Phi) is 2.61. The second kappa shape index (κ2) is 4.41. The number of pyridine rings is 1. The van der Waals surface area contributed by atoms with Gasteiger partial charge >= 0.3 is 0 Å². The van der Waals surface area contributed by atoms with E-state index in [0.29, 0.717) is 0 Å². The molecule has 0 saturated heterocycles. The molecular formula is C14H13N3O. The largest absolute Gasteiger partial charge is 0.493 e. The molecule has 1 aromatic carbocycles. The normalized spacial score (nSPS) is 10.5. The summed E-state index contributed by atoms with van der Waals surface area (Å²) < 4.78 is 5.27. The van der Waals surface area contributed by atoms with Crippen molar-refractivity contribution in [3.8, 4) is 5.75 Å². The summed E-state index contributed by atoms with van der Waals surface area (Å²) in [6.45, 7) is 0. The van der Waals surface area contributed by atoms with Crippen molar-refractivity contribution in [1.82, 2.24) is 9.97 Å². The summed E-state index contributed by atoms with van der Waals surface area (Å²) in [6.07, 6.45) is 5.38. The van der Waals surface area contributed by atoms with E-state index in [4.69, 9.17) is 4.74 Å². The molecule has 4 nitrogen and oxygen atoms in total. The second-order valence-corrected chi connectivity index (χ2v) is 3.95. The number of benzene rings is 1. The minimum absolute atomic E-state index is 0.725. The van der Waals surface area contributed by atoms with Crippen LogP contribution in [0.5, 0.6) is 5.75 Å². The summed E-state index contributed by atoms with van der Waals surface area (Å²) in [7, 11) is 1.64. The summed E-state index contributed by atoms with van der Waals surface area (Å²) in [5.74, 6) is 0.725. The molecule has 0 unspecified atom stereocenters. The molecule has 0 amide bonds. The molecule has 0 aliphatic rings. The van der Waals surface area contributed by atoms with Gasteiger partial charge in [0.25, 0.3) is 0 Å². The third kappa shape index (κ3) is 1.78. The first-order valence-electron chi connectivity index (χ1n) is 5.69. The standard InChI is InChI=1S/C14H13N3O/c1-18-14-9-15-7-6-12(14)17-13-8-16-11-5-3-2-4-10(11)13/h2-9,16H,1H3,(H,15,17). The molecule has 2 heterocycles. The monoisotopic (exact) mass is 239 g/mol. The second-order valence-electron chi connectivity index (χ2n) is 3.95. The van der Waals surface area contributed by atoms with Gasteiger partial charge in [0.15, 0.2) is 5.75 Å². The van der Waals surface area contributed by atoms with E-state index in [0.717, 1.165) is 28.0 Å². The van der Waals surface area contributed by atoms with E-state index in [2.05, 4.69) is 21.4 Å². The van der Waals surface area contributed by atoms with Crippen molar-refractivity contribution in [3.63, 3.8) is 0 Å². The molecule has 0 bridgehead atoms. The van der Waals surface area contributed by atoms with E-state index in [1.54, 1.807) is 19.5 Å². The van der Waals surface area contributed by atoms with Crippen LogP contribution in [-0.2, 0) is 0 Å². The molecule has 0 fully saturated rings. The SMILES string of the molecule is COc1cnccc1Nc1c[nH]c2ccccc12. The summed E-state index contributed by atoms with van der Waals surface area (Å²) >= 11 is 0. The first-order chi connectivity index (χ1) is 8.88. The number of aromatic amines is 1. The maximum absolute atomic E-state index is 5.27. The molecule has 2 N–H and O–H groups in total. The van der Waals surface area contributed by atoms with Crippen molar-refractivity contribution in [2.75, 3.05) is 12.4 Å². The average Bonchev–Trinajstić information content (AvgIpc) is 2.83. The highest BCUT2D eigenvalue weighted by Gasteiger charge is 2.06. The van der Waals surface area contributed by atoms with Crippen molar-refractivity contribution in [1.29, 1.82) is 0 Å². The Bertz CT molecular complexity index is 675. The average molecular weight is 239 g/mol. The Balaban J connectivity index is 2.01. The van der Waals surface area contributed by atoms with Crippen LogP contribution in [0.15, 0.2) is 48.9 Å². The minimum atomic E-state index is 0.725. The van der Waals surface area contributed by atoms with Crippen molar-refractivity contribution >= 4 is 22.3 Å². The zero-order chi connectivity index (χ0) is 12.4. The molecule has 3 rings (SSSR count). The number of H-pyrrole nitrogens is 1. The van der Waals surface area contributed by atoms with Crippen LogP contribution in [0.25, 0.3) is 10.9 Å². The van der Waals surface area contributed by atoms with E-state index in [1.807, 2.05) is 30.5 Å². The number of hydrogen-bond acceptors (Lipinski definition) is 3. The number of fused-ring (bicyclic) bond motifs is 1. The maximum atomic E-state index is 5.27. The molecule has 0 aliphatic carbocycles. The lowest BCUT2D eigenvalue weighted by molar-refractivity contribution is 0.415. The van der Waals surface area contributed by atoms with Gasteiger partial charge < -0.3 is 15.0 Å². The van der Waals surface area contributed by atoms with Gasteiger partial charge in [-0.25, -0.2) is 0 Å². The topological polar surface area (TPSA) is 49.9 Å². The molecule has 0 spiro atoms. The molecule has 2 aromatic heterocycles. The molecule has 3 aromatic rings. The number of hydrogen-bond donors (Lipinski definition) is 2. The lowest BCUT2D eigenvalue weighted by atomic mass is 10.2. The summed E-state index contributed by atoms with van der Waals surface area (Å²) in [4.78, 5) is 7.26. The van der Waals surface area contributed by atoms with Gasteiger partial charge in [-0.2, -0.15) is 0 Å². The number of ether oxygens (including phenoxy) is 1. The fourth-order valence-electron chi connectivity index (χ4n) is 1.97. The number of para-hydroxylation sites is 1. The number of nitrogens with one attached hydrogen (secondary N) is 2. The third-order valence-electron chi connectivity index (χ3n) is 2.86. The van der Waals surface area contributed by atoms with Crippen LogP contribution >= 0.6 is 0 Å². The van der Waals surface area contributed by atoms with Crippen molar-refractivity contribution in [3.05, 3.63) is 48.9 Å². The van der Waals surface area contributed by atoms with Crippen LogP contribution in [-0.4, -0.2) is 17.1 Å². The summed E-state index contributed by atoms with van der Waals surface area (Å²) in [5.41, 5.74) is 3.03. The Labute approximate surface area is 105 Å². The number of anilines is 2. The molecule has 18 heavy (non-hydrogen) atoms. The smallest absolute Gasteiger partial charge is 0.160 e. The third-order valence-corrected chi connectivity index (χ3v) is 2.86. The van der Waals surface area contributed by atoms with Crippen LogP contribution in [0.3, 0.4) is 0 Å². The highest BCUT2D eigenvalue weighted by atomic mass is 16.5. The molecule has 0 radical (unpaired) electrons. The van der Waals surface area contributed by atoms with Crippen molar-refractivity contribution < 1.29 is 4.74 Å². The predicted octanol–water partition coefficient (Wildman–Crippen LogP) is 3.32. The van der Waals surface area contributed by atoms with E-state index in [1.165, 1.54) is 0 Å². The van der Waals surface area contributed by atoms with Gasteiger partial charge in [-0.05, 0) is 12.1 Å². The van der Waals surface area contributed by atoms with Gasteiger partial charge in [-0.3, -0.25) is 4.98 Å². The molecule has 0 aliphatic heterocycles. The van der Waals surface area contributed by atoms with Gasteiger partial charge in [-0.15, -0.1) is 0 Å². The molecule has 4 heteroatoms. The number of nitrogens with zero attached hydrogens (tertiary/aromatic N) is 1. The van der Waals surface area contributed by atoms with E-state index < -0.39 is 0 Å². The minimum Gasteiger partial charge on any atom is -0.493 e. The summed E-state index contributed by atoms with van der Waals surface area (Å²) in [5, 5.41) is 4.50. The van der Waals surface area contributed by atoms with E-state index in [9.17, 15) is 0 Å². The highest BCUT2D eigenvalue weighted by molar-refractivity contribution is 5.94. The highest BCUT2D eigenvalue weighted by Crippen LogP contribution is 2.30. The predicted molar refractivity (Wildman–Crippen MR) is 72.4 cm³/mol. The van der Waals surface area contributed by atoms with Crippen LogP contribution in [0.2, 0.25) is 0 Å². The van der Waals surface area contributed by atoms with Crippen molar-refractivity contribution in [2.24, 2.45) is 0 Å². The quantitative estimate of drug-likeness (QED) is 0.737. The number of aromatic nitrogens is 2. The molecule has 90 valence electrons. The van der Waals surface area contributed by atoms with E-state index >= 15 is 0 Å². The van der Waals surface area contributed by atoms with E-state index in [-0.39, 0.29) is 0 Å². The van der Waals surface area contributed by atoms with Gasteiger partial charge in [0, 0.05) is 23.3 Å². The van der Waals surface area contributed by atoms with Gasteiger partial charge in [0.05, 0.1) is 24.7 Å². The van der Waals surface area contributed by atoms with Crippen molar-refractivity contribution in [2.45, 2.75) is 0 Å². The first kappa shape index (κ1) is 10.7. The van der Waals surface area contributed by atoms with Gasteiger partial charge in [-0.1, -0.05) is 18.2 Å². The number of methoxy groups -OCH3 is 1. The van der Waals surface area contributed by atoms with Crippen LogP contribution in [0.1, 0.15) is 0 Å². The molecular weight excluding hydrogens is 226 g/mol. The van der Waals surface area contributed by atoms with Crippen LogP contribution < -0.4 is 10.1 Å². The lowest BCUT2D eigenvalue weighted by Gasteiger charge is -2.09. The first-order valence-corrected chi connectivity index (χ1v) is 5.69. The molecule has 0 saturated carbocycles. The van der Waals surface area contributed by atoms with Gasteiger partial charge in [0.2, 0.25) is 0 Å². The Morgan fingerprint density at radius 3 is 2.94 bits per heavy atom.